The summed E-state index contributed by atoms with van der Waals surface area (Å²) in [6, 6.07) is 62.4. The molecule has 0 fully saturated rings. The molecule has 4 heteroatoms. The van der Waals surface area contributed by atoms with Crippen LogP contribution in [0.3, 0.4) is 0 Å². The standard InChI is InChI=1S/C46H28N2S2/c1-3-11-31(12-4-1)47(33-20-22-42-38(27-33)35-15-7-9-17-41(35)48(42)32-13-5-2-6-14-32)34-19-21-37-40-24-30-25-44-39(36-16-8-10-18-43(36)49-44)23-29(30)26-45(40)50-46(37)28-34/h1-28H. The number of thiophene rings is 2. The van der Waals surface area contributed by atoms with Crippen LogP contribution in [0.5, 0.6) is 0 Å². The minimum atomic E-state index is 1.14. The van der Waals surface area contributed by atoms with Crippen LogP contribution in [-0.2, 0) is 0 Å². The summed E-state index contributed by atoms with van der Waals surface area (Å²) in [5, 5.41) is 10.4. The molecule has 0 saturated heterocycles. The van der Waals surface area contributed by atoms with Crippen molar-refractivity contribution < 1.29 is 0 Å². The van der Waals surface area contributed by atoms with Crippen LogP contribution in [0.4, 0.5) is 17.1 Å². The summed E-state index contributed by atoms with van der Waals surface area (Å²) >= 11 is 3.77. The fourth-order valence-electron chi connectivity index (χ4n) is 7.85. The van der Waals surface area contributed by atoms with E-state index in [9.17, 15) is 0 Å². The lowest BCUT2D eigenvalue weighted by atomic mass is 10.0. The molecule has 234 valence electrons. The van der Waals surface area contributed by atoms with Gasteiger partial charge in [-0.05, 0) is 102 Å². The Hall–Kier alpha value is -5.94. The van der Waals surface area contributed by atoms with Gasteiger partial charge in [0.05, 0.1) is 11.0 Å². The molecule has 0 saturated carbocycles. The molecule has 3 heterocycles. The molecule has 2 nitrogen and oxygen atoms in total. The maximum Gasteiger partial charge on any atom is 0.0542 e. The molecule has 0 bridgehead atoms. The first kappa shape index (κ1) is 28.0. The van der Waals surface area contributed by atoms with Crippen LogP contribution in [0, 0.1) is 0 Å². The number of fused-ring (bicyclic) bond motifs is 10. The third-order valence-electron chi connectivity index (χ3n) is 10.1. The van der Waals surface area contributed by atoms with Crippen LogP contribution in [0.15, 0.2) is 170 Å². The van der Waals surface area contributed by atoms with Crippen LogP contribution >= 0.6 is 22.7 Å². The molecule has 50 heavy (non-hydrogen) atoms. The summed E-state index contributed by atoms with van der Waals surface area (Å²) in [7, 11) is 0. The second-order valence-corrected chi connectivity index (χ2v) is 15.2. The van der Waals surface area contributed by atoms with Crippen LogP contribution in [0.25, 0.3) is 78.6 Å². The highest BCUT2D eigenvalue weighted by Gasteiger charge is 2.18. The lowest BCUT2D eigenvalue weighted by Crippen LogP contribution is -2.09. The van der Waals surface area contributed by atoms with Gasteiger partial charge in [-0.3, -0.25) is 0 Å². The quantitative estimate of drug-likeness (QED) is 0.181. The largest absolute Gasteiger partial charge is 0.310 e. The van der Waals surface area contributed by atoms with E-state index < -0.39 is 0 Å². The number of aromatic nitrogens is 1. The molecule has 11 rings (SSSR count). The minimum Gasteiger partial charge on any atom is -0.310 e. The monoisotopic (exact) mass is 672 g/mol. The second kappa shape index (κ2) is 10.8. The summed E-state index contributed by atoms with van der Waals surface area (Å²) in [5.74, 6) is 0. The molecule has 0 aliphatic rings. The molecular formula is C46H28N2S2. The van der Waals surface area contributed by atoms with Gasteiger partial charge in [0.15, 0.2) is 0 Å². The van der Waals surface area contributed by atoms with Gasteiger partial charge in [-0.15, -0.1) is 22.7 Å². The SMILES string of the molecule is c1ccc(N(c2ccc3c(c2)sc2cc4cc5c(cc4cc23)sc2ccccc25)c2ccc3c(c2)c2ccccc2n3-c2ccccc2)cc1. The van der Waals surface area contributed by atoms with Crippen molar-refractivity contribution in [3.63, 3.8) is 0 Å². The third-order valence-corrected chi connectivity index (χ3v) is 12.4. The zero-order valence-corrected chi connectivity index (χ0v) is 28.5. The molecular weight excluding hydrogens is 645 g/mol. The molecule has 3 aromatic heterocycles. The molecule has 11 aromatic rings. The summed E-state index contributed by atoms with van der Waals surface area (Å²) in [6.07, 6.45) is 0. The number of hydrogen-bond donors (Lipinski definition) is 0. The van der Waals surface area contributed by atoms with Gasteiger partial charge >= 0.3 is 0 Å². The lowest BCUT2D eigenvalue weighted by molar-refractivity contribution is 1.18. The van der Waals surface area contributed by atoms with E-state index in [0.717, 1.165) is 17.1 Å². The Morgan fingerprint density at radius 1 is 0.340 bits per heavy atom. The van der Waals surface area contributed by atoms with E-state index in [0.29, 0.717) is 0 Å². The number of hydrogen-bond acceptors (Lipinski definition) is 3. The van der Waals surface area contributed by atoms with E-state index in [1.807, 2.05) is 22.7 Å². The maximum absolute atomic E-state index is 2.40. The maximum atomic E-state index is 2.40. The highest BCUT2D eigenvalue weighted by Crippen LogP contribution is 2.44. The van der Waals surface area contributed by atoms with Gasteiger partial charge < -0.3 is 9.47 Å². The topological polar surface area (TPSA) is 8.17 Å². The van der Waals surface area contributed by atoms with Crippen molar-refractivity contribution in [2.24, 2.45) is 0 Å². The molecule has 0 radical (unpaired) electrons. The van der Waals surface area contributed by atoms with Gasteiger partial charge in [0.1, 0.15) is 0 Å². The average molecular weight is 673 g/mol. The van der Waals surface area contributed by atoms with Crippen LogP contribution in [0.2, 0.25) is 0 Å². The Balaban J connectivity index is 1.09. The highest BCUT2D eigenvalue weighted by atomic mass is 32.1. The van der Waals surface area contributed by atoms with Gasteiger partial charge in [0, 0.05) is 73.9 Å². The molecule has 0 aliphatic carbocycles. The minimum absolute atomic E-state index is 1.14. The van der Waals surface area contributed by atoms with Crippen molar-refractivity contribution in [1.29, 1.82) is 0 Å². The average Bonchev–Trinajstić information content (AvgIpc) is 3.82. The van der Waals surface area contributed by atoms with E-state index in [1.54, 1.807) is 0 Å². The van der Waals surface area contributed by atoms with Crippen molar-refractivity contribution in [3.05, 3.63) is 170 Å². The first-order chi connectivity index (χ1) is 24.8. The Kier molecular flexibility index (Phi) is 6.03. The van der Waals surface area contributed by atoms with E-state index in [-0.39, 0.29) is 0 Å². The van der Waals surface area contributed by atoms with Gasteiger partial charge in [0.25, 0.3) is 0 Å². The Bertz CT molecular complexity index is 3100. The Morgan fingerprint density at radius 3 is 1.68 bits per heavy atom. The summed E-state index contributed by atoms with van der Waals surface area (Å²) in [6.45, 7) is 0. The first-order valence-corrected chi connectivity index (χ1v) is 18.6. The van der Waals surface area contributed by atoms with Crippen molar-refractivity contribution in [3.8, 4) is 5.69 Å². The van der Waals surface area contributed by atoms with Crippen LogP contribution < -0.4 is 4.90 Å². The summed E-state index contributed by atoms with van der Waals surface area (Å²) in [4.78, 5) is 2.40. The van der Waals surface area contributed by atoms with Gasteiger partial charge in [-0.25, -0.2) is 0 Å². The number of nitrogens with zero attached hydrogens (tertiary/aromatic N) is 2. The van der Waals surface area contributed by atoms with E-state index in [1.165, 1.54) is 78.6 Å². The van der Waals surface area contributed by atoms with Gasteiger partial charge in [0.2, 0.25) is 0 Å². The predicted molar refractivity (Wildman–Crippen MR) is 219 cm³/mol. The zero-order chi connectivity index (χ0) is 32.8. The van der Waals surface area contributed by atoms with Crippen molar-refractivity contribution in [2.75, 3.05) is 4.90 Å². The Labute approximate surface area is 296 Å². The third kappa shape index (κ3) is 4.19. The smallest absolute Gasteiger partial charge is 0.0542 e. The first-order valence-electron chi connectivity index (χ1n) is 16.9. The molecule has 0 amide bonds. The number of rotatable bonds is 4. The molecule has 0 atom stereocenters. The molecule has 0 unspecified atom stereocenters. The summed E-state index contributed by atoms with van der Waals surface area (Å²) in [5.41, 5.74) is 7.01. The van der Waals surface area contributed by atoms with Crippen molar-refractivity contribution in [1.82, 2.24) is 4.57 Å². The number of benzene rings is 8. The number of anilines is 3. The normalized spacial score (nSPS) is 12.0. The fourth-order valence-corrected chi connectivity index (χ4v) is 10.2. The Morgan fingerprint density at radius 2 is 0.900 bits per heavy atom. The van der Waals surface area contributed by atoms with E-state index in [4.69, 9.17) is 0 Å². The second-order valence-electron chi connectivity index (χ2n) is 13.0. The fraction of sp³-hybridized carbons (Fsp3) is 0. The van der Waals surface area contributed by atoms with Crippen LogP contribution in [-0.4, -0.2) is 4.57 Å². The van der Waals surface area contributed by atoms with Crippen LogP contribution in [0.1, 0.15) is 0 Å². The summed E-state index contributed by atoms with van der Waals surface area (Å²) < 4.78 is 7.69. The van der Waals surface area contributed by atoms with E-state index in [2.05, 4.69) is 179 Å². The molecule has 8 aromatic carbocycles. The van der Waals surface area contributed by atoms with E-state index >= 15 is 0 Å². The highest BCUT2D eigenvalue weighted by molar-refractivity contribution is 7.26. The molecule has 0 aliphatic heterocycles. The lowest BCUT2D eigenvalue weighted by Gasteiger charge is -2.25. The van der Waals surface area contributed by atoms with Crippen molar-refractivity contribution >= 4 is 113 Å². The zero-order valence-electron chi connectivity index (χ0n) is 26.9. The number of para-hydroxylation sites is 3. The van der Waals surface area contributed by atoms with Gasteiger partial charge in [-0.2, -0.15) is 0 Å². The molecule has 0 spiro atoms. The molecule has 0 N–H and O–H groups in total. The van der Waals surface area contributed by atoms with Crippen molar-refractivity contribution in [2.45, 2.75) is 0 Å². The predicted octanol–water partition coefficient (Wildman–Crippen LogP) is 14.1. The van der Waals surface area contributed by atoms with Gasteiger partial charge in [-0.1, -0.05) is 78.9 Å².